The van der Waals surface area contributed by atoms with E-state index >= 15 is 0 Å². The Balaban J connectivity index is 1.61. The van der Waals surface area contributed by atoms with Gasteiger partial charge in [-0.3, -0.25) is 0 Å². The Kier molecular flexibility index (Phi) is 4.35. The molecule has 0 aromatic heterocycles. The molecule has 1 saturated carbocycles. The molecule has 1 fully saturated rings. The smallest absolute Gasteiger partial charge is 0.128 e. The lowest BCUT2D eigenvalue weighted by Crippen LogP contribution is -2.54. The minimum absolute atomic E-state index is 0.0501. The Hall–Kier alpha value is -2.49. The number of ether oxygens (including phenoxy) is 1. The number of fused-ring (bicyclic) bond motifs is 1. The summed E-state index contributed by atoms with van der Waals surface area (Å²) in [6, 6.07) is 16.5. The first-order valence-electron chi connectivity index (χ1n) is 9.12. The molecule has 130 valence electrons. The second-order valence-corrected chi connectivity index (χ2v) is 6.95. The molecule has 4 rings (SSSR count). The highest BCUT2D eigenvalue weighted by Gasteiger charge is 2.40. The molecular weight excluding hydrogens is 310 g/mol. The summed E-state index contributed by atoms with van der Waals surface area (Å²) in [7, 11) is 1.70. The summed E-state index contributed by atoms with van der Waals surface area (Å²) in [6.45, 7) is 0.752. The molecule has 0 atom stereocenters. The van der Waals surface area contributed by atoms with Gasteiger partial charge in [0.25, 0.3) is 0 Å². The predicted octanol–water partition coefficient (Wildman–Crippen LogP) is 4.64. The summed E-state index contributed by atoms with van der Waals surface area (Å²) in [5.74, 6) is 1.97. The Bertz CT molecular complexity index is 778. The SMILES string of the molecule is COc1cccc(CNC2=Nc3ccccc3NC23CCCCC3)c1. The number of para-hydroxylation sites is 2. The number of nitrogens with zero attached hydrogens (tertiary/aromatic N) is 1. The van der Waals surface area contributed by atoms with Crippen LogP contribution in [0.1, 0.15) is 37.7 Å². The van der Waals surface area contributed by atoms with Gasteiger partial charge >= 0.3 is 0 Å². The number of benzene rings is 2. The highest BCUT2D eigenvalue weighted by Crippen LogP contribution is 2.40. The number of rotatable bonds is 3. The molecule has 1 aliphatic carbocycles. The van der Waals surface area contributed by atoms with Crippen LogP contribution in [-0.2, 0) is 6.54 Å². The fourth-order valence-corrected chi connectivity index (χ4v) is 3.92. The number of aliphatic imine (C=N–C) groups is 1. The van der Waals surface area contributed by atoms with Crippen LogP contribution in [0.25, 0.3) is 0 Å². The largest absolute Gasteiger partial charge is 0.497 e. The van der Waals surface area contributed by atoms with Gasteiger partial charge < -0.3 is 15.4 Å². The lowest BCUT2D eigenvalue weighted by atomic mass is 9.79. The molecule has 2 aliphatic rings. The molecule has 1 heterocycles. The zero-order valence-corrected chi connectivity index (χ0v) is 14.7. The third kappa shape index (κ3) is 3.21. The highest BCUT2D eigenvalue weighted by molar-refractivity contribution is 6.00. The molecule has 2 N–H and O–H groups in total. The van der Waals surface area contributed by atoms with Crippen molar-refractivity contribution in [2.24, 2.45) is 4.99 Å². The average molecular weight is 335 g/mol. The van der Waals surface area contributed by atoms with Gasteiger partial charge in [-0.05, 0) is 42.7 Å². The van der Waals surface area contributed by atoms with Gasteiger partial charge in [0, 0.05) is 6.54 Å². The maximum absolute atomic E-state index is 5.33. The molecule has 2 aromatic rings. The molecule has 2 aromatic carbocycles. The van der Waals surface area contributed by atoms with Crippen molar-refractivity contribution in [3.05, 3.63) is 54.1 Å². The first kappa shape index (κ1) is 16.0. The molecule has 4 nitrogen and oxygen atoms in total. The third-order valence-electron chi connectivity index (χ3n) is 5.26. The van der Waals surface area contributed by atoms with Gasteiger partial charge in [0.15, 0.2) is 0 Å². The molecule has 0 unspecified atom stereocenters. The first-order valence-corrected chi connectivity index (χ1v) is 9.12. The van der Waals surface area contributed by atoms with E-state index in [0.717, 1.165) is 42.3 Å². The fraction of sp³-hybridized carbons (Fsp3) is 0.381. The van der Waals surface area contributed by atoms with Crippen molar-refractivity contribution in [3.8, 4) is 5.75 Å². The second kappa shape index (κ2) is 6.79. The molecule has 1 aliphatic heterocycles. The summed E-state index contributed by atoms with van der Waals surface area (Å²) in [4.78, 5) is 4.99. The summed E-state index contributed by atoms with van der Waals surface area (Å²) in [5, 5.41) is 7.43. The molecule has 1 spiro atoms. The van der Waals surface area contributed by atoms with E-state index in [2.05, 4.69) is 41.0 Å². The van der Waals surface area contributed by atoms with Gasteiger partial charge in [-0.1, -0.05) is 43.5 Å². The van der Waals surface area contributed by atoms with Gasteiger partial charge in [-0.15, -0.1) is 0 Å². The Labute approximate surface area is 149 Å². The number of hydrogen-bond donors (Lipinski definition) is 2. The van der Waals surface area contributed by atoms with Gasteiger partial charge in [-0.25, -0.2) is 4.99 Å². The maximum atomic E-state index is 5.33. The highest BCUT2D eigenvalue weighted by atomic mass is 16.5. The Morgan fingerprint density at radius 3 is 2.76 bits per heavy atom. The minimum atomic E-state index is -0.0501. The summed E-state index contributed by atoms with van der Waals surface area (Å²) >= 11 is 0. The van der Waals surface area contributed by atoms with Crippen LogP contribution in [0.3, 0.4) is 0 Å². The van der Waals surface area contributed by atoms with Gasteiger partial charge in [0.1, 0.15) is 11.6 Å². The Morgan fingerprint density at radius 2 is 1.92 bits per heavy atom. The topological polar surface area (TPSA) is 45.6 Å². The van der Waals surface area contributed by atoms with Crippen LogP contribution < -0.4 is 15.4 Å². The van der Waals surface area contributed by atoms with Crippen LogP contribution in [0.2, 0.25) is 0 Å². The van der Waals surface area contributed by atoms with E-state index in [1.54, 1.807) is 7.11 Å². The van der Waals surface area contributed by atoms with Crippen molar-refractivity contribution in [2.45, 2.75) is 44.2 Å². The number of hydrogen-bond acceptors (Lipinski definition) is 4. The van der Waals surface area contributed by atoms with Crippen molar-refractivity contribution in [3.63, 3.8) is 0 Å². The fourth-order valence-electron chi connectivity index (χ4n) is 3.92. The molecule has 0 radical (unpaired) electrons. The lowest BCUT2D eigenvalue weighted by molar-refractivity contribution is 0.396. The van der Waals surface area contributed by atoms with E-state index in [4.69, 9.17) is 9.73 Å². The van der Waals surface area contributed by atoms with Crippen molar-refractivity contribution in [2.75, 3.05) is 12.4 Å². The zero-order chi connectivity index (χ0) is 17.1. The van der Waals surface area contributed by atoms with Gasteiger partial charge in [0.05, 0.1) is 24.0 Å². The molecule has 0 amide bonds. The van der Waals surface area contributed by atoms with E-state index in [-0.39, 0.29) is 5.54 Å². The number of nitrogens with one attached hydrogen (secondary N) is 2. The Morgan fingerprint density at radius 1 is 1.08 bits per heavy atom. The molecule has 4 heteroatoms. The molecule has 25 heavy (non-hydrogen) atoms. The average Bonchev–Trinajstić information content (AvgIpc) is 2.67. The van der Waals surface area contributed by atoms with Crippen molar-refractivity contribution < 1.29 is 4.74 Å². The van der Waals surface area contributed by atoms with E-state index in [1.807, 2.05) is 18.2 Å². The van der Waals surface area contributed by atoms with E-state index in [1.165, 1.54) is 24.8 Å². The summed E-state index contributed by atoms with van der Waals surface area (Å²) < 4.78 is 5.33. The zero-order valence-electron chi connectivity index (χ0n) is 14.7. The van der Waals surface area contributed by atoms with Crippen LogP contribution in [0.4, 0.5) is 11.4 Å². The number of methoxy groups -OCH3 is 1. The van der Waals surface area contributed by atoms with Gasteiger partial charge in [-0.2, -0.15) is 0 Å². The maximum Gasteiger partial charge on any atom is 0.128 e. The normalized spacial score (nSPS) is 18.0. The van der Waals surface area contributed by atoms with Crippen LogP contribution in [0, 0.1) is 0 Å². The van der Waals surface area contributed by atoms with Crippen molar-refractivity contribution in [1.29, 1.82) is 0 Å². The van der Waals surface area contributed by atoms with Crippen molar-refractivity contribution in [1.82, 2.24) is 5.32 Å². The van der Waals surface area contributed by atoms with Crippen LogP contribution in [0.15, 0.2) is 53.5 Å². The van der Waals surface area contributed by atoms with Crippen LogP contribution in [0.5, 0.6) is 5.75 Å². The van der Waals surface area contributed by atoms with Gasteiger partial charge in [0.2, 0.25) is 0 Å². The molecular formula is C21H25N3O. The molecule has 0 bridgehead atoms. The van der Waals surface area contributed by atoms with Crippen LogP contribution in [-0.4, -0.2) is 18.5 Å². The number of amidine groups is 1. The first-order chi connectivity index (χ1) is 12.3. The van der Waals surface area contributed by atoms with Crippen molar-refractivity contribution >= 4 is 17.2 Å². The summed E-state index contributed by atoms with van der Waals surface area (Å²) in [5.41, 5.74) is 3.32. The van der Waals surface area contributed by atoms with E-state index in [0.29, 0.717) is 0 Å². The molecule has 0 saturated heterocycles. The minimum Gasteiger partial charge on any atom is -0.497 e. The third-order valence-corrected chi connectivity index (χ3v) is 5.26. The second-order valence-electron chi connectivity index (χ2n) is 6.95. The van der Waals surface area contributed by atoms with E-state index < -0.39 is 0 Å². The van der Waals surface area contributed by atoms with E-state index in [9.17, 15) is 0 Å². The number of anilines is 1. The predicted molar refractivity (Wildman–Crippen MR) is 103 cm³/mol. The standard InChI is InChI=1S/C21H25N3O/c1-25-17-9-7-8-16(14-17)15-22-20-21(12-5-2-6-13-21)24-19-11-4-3-10-18(19)23-20/h3-4,7-11,14,24H,2,5-6,12-13,15H2,1H3,(H,22,23). The van der Waals surface area contributed by atoms with Crippen LogP contribution >= 0.6 is 0 Å². The monoisotopic (exact) mass is 335 g/mol. The summed E-state index contributed by atoms with van der Waals surface area (Å²) in [6.07, 6.45) is 6.06. The lowest BCUT2D eigenvalue weighted by Gasteiger charge is -2.42. The quantitative estimate of drug-likeness (QED) is 0.858.